The van der Waals surface area contributed by atoms with Gasteiger partial charge in [0.25, 0.3) is 0 Å². The lowest BCUT2D eigenvalue weighted by molar-refractivity contribution is -0.148. The van der Waals surface area contributed by atoms with Gasteiger partial charge in [-0.25, -0.2) is 14.4 Å². The van der Waals surface area contributed by atoms with Crippen LogP contribution in [0.15, 0.2) is 54.6 Å². The van der Waals surface area contributed by atoms with E-state index in [1.165, 1.54) is 45.3 Å². The van der Waals surface area contributed by atoms with Crippen molar-refractivity contribution in [2.75, 3.05) is 46.2 Å². The number of anilines is 1. The Kier molecular flexibility index (Phi) is 34.5. The van der Waals surface area contributed by atoms with E-state index in [2.05, 4.69) is 37.2 Å². The molecule has 1 fully saturated rings. The van der Waals surface area contributed by atoms with E-state index in [1.807, 2.05) is 45.9 Å². The standard InChI is InChI=1S/C69H109N11O17/c1-17-42(10)51(32-33-53(82)80-36-22-26-52(80)59(95-16)43(11)61(85)72-44(12)58(84)46-23-19-18-20-24-46)78(14)66(90)56(40(6)7)77-65(89)57(41(8)9)79(15)69(94)97-60(67(91)92)47-27-29-48(30-28-47)74-62(86)49(25-21-35-71-68(70)93)75-64(88)55(39(4)5)76-63(87)50(73-45(13)81)31-34-54(83)96-37-38(2)3/h18-20,23-24,27-30,38-44,49-52,55-60,84H,17,21-22,25-26,31-37H2,1-16H3,(H,72,85)(H,73,81)(H,74,86)(H,75,88)(H,76,87)(H,77,89)(H,91,92)(H3,70,71,93)/t42-,43+,44+,49-,50-,51+,52-,55-,56-,57-,58+,59+,60?/m0/s1. The van der Waals surface area contributed by atoms with Gasteiger partial charge >= 0.3 is 24.1 Å². The molecule has 0 spiro atoms. The summed E-state index contributed by atoms with van der Waals surface area (Å²) in [4.78, 5) is 165. The molecule has 13 atom stereocenters. The summed E-state index contributed by atoms with van der Waals surface area (Å²) >= 11 is 0. The molecule has 0 radical (unpaired) electrons. The predicted octanol–water partition coefficient (Wildman–Crippen LogP) is 5.08. The molecule has 97 heavy (non-hydrogen) atoms. The number of nitrogens with two attached hydrogens (primary N) is 1. The maximum Gasteiger partial charge on any atom is 0.411 e. The smallest absolute Gasteiger partial charge is 0.411 e. The number of carboxylic acids is 1. The van der Waals surface area contributed by atoms with Crippen LogP contribution in [0, 0.1) is 35.5 Å². The third-order valence-electron chi connectivity index (χ3n) is 17.5. The molecule has 1 saturated heterocycles. The average molecular weight is 1360 g/mol. The molecule has 0 saturated carbocycles. The third-order valence-corrected chi connectivity index (χ3v) is 17.5. The van der Waals surface area contributed by atoms with E-state index in [0.29, 0.717) is 31.4 Å². The molecule has 0 bridgehead atoms. The second kappa shape index (κ2) is 40.3. The predicted molar refractivity (Wildman–Crippen MR) is 362 cm³/mol. The van der Waals surface area contributed by atoms with Crippen LogP contribution in [0.1, 0.15) is 171 Å². The van der Waals surface area contributed by atoms with Crippen LogP contribution in [0.2, 0.25) is 0 Å². The fraction of sp³-hybridized carbons (Fsp3) is 0.652. The van der Waals surface area contributed by atoms with E-state index < -0.39 is 150 Å². The number of urea groups is 1. The number of hydrogen-bond donors (Lipinski definition) is 10. The van der Waals surface area contributed by atoms with E-state index in [4.69, 9.17) is 19.9 Å². The Morgan fingerprint density at radius 3 is 1.84 bits per heavy atom. The minimum Gasteiger partial charge on any atom is -0.478 e. The quantitative estimate of drug-likeness (QED) is 0.0308. The van der Waals surface area contributed by atoms with Crippen LogP contribution in [0.3, 0.4) is 0 Å². The summed E-state index contributed by atoms with van der Waals surface area (Å²) < 4.78 is 16.7. The largest absolute Gasteiger partial charge is 0.478 e. The molecular weight excluding hydrogens is 1250 g/mol. The summed E-state index contributed by atoms with van der Waals surface area (Å²) in [5.41, 5.74) is 5.96. The Morgan fingerprint density at radius 1 is 0.680 bits per heavy atom. The summed E-state index contributed by atoms with van der Waals surface area (Å²) in [7, 11) is 4.40. The van der Waals surface area contributed by atoms with Crippen molar-refractivity contribution in [3.8, 4) is 0 Å². The maximum absolute atomic E-state index is 14.7. The number of aliphatic hydroxyl groups excluding tert-OH is 1. The first kappa shape index (κ1) is 82.8. The molecule has 3 rings (SSSR count). The zero-order valence-corrected chi connectivity index (χ0v) is 59.4. The number of ether oxygens (including phenoxy) is 3. The summed E-state index contributed by atoms with van der Waals surface area (Å²) in [5.74, 6) is -9.02. The van der Waals surface area contributed by atoms with Gasteiger partial charge in [-0.1, -0.05) is 125 Å². The number of carbonyl (C=O) groups is 12. The Morgan fingerprint density at radius 2 is 1.29 bits per heavy atom. The molecule has 1 aliphatic heterocycles. The SMILES string of the molecule is CC[C@H](C)[C@@H](CCC(=O)N1CCC[C@H]1[C@H](OC)[C@@H](C)C(=O)N[C@H](C)[C@@H](O)c1ccccc1)N(C)C(=O)[C@@H](NC(=O)[C@H](C(C)C)N(C)C(=O)OC(C(=O)O)c1ccc(NC(=O)[C@H](CCCNC(N)=O)NC(=O)[C@@H](NC(=O)[C@H](CCC(=O)OCC(C)C)NC(C)=O)C(C)C)cc1)C(C)C. The number of aliphatic carboxylic acids is 1. The molecule has 0 aromatic heterocycles. The molecule has 11 amide bonds. The molecular formula is C69H109N11O17. The molecule has 11 N–H and O–H groups in total. The summed E-state index contributed by atoms with van der Waals surface area (Å²) in [6.45, 7) is 23.1. The molecule has 1 unspecified atom stereocenters. The highest BCUT2D eigenvalue weighted by Crippen LogP contribution is 2.30. The fourth-order valence-corrected chi connectivity index (χ4v) is 11.7. The van der Waals surface area contributed by atoms with E-state index in [0.717, 1.165) is 4.90 Å². The Balaban J connectivity index is 1.76. The Hall–Kier alpha value is -8.40. The van der Waals surface area contributed by atoms with E-state index in [1.54, 1.807) is 84.4 Å². The average Bonchev–Trinajstić information content (AvgIpc) is 1.82. The van der Waals surface area contributed by atoms with Crippen LogP contribution in [0.5, 0.6) is 0 Å². The summed E-state index contributed by atoms with van der Waals surface area (Å²) in [5, 5.41) is 40.0. The number of hydrogen-bond acceptors (Lipinski definition) is 16. The number of likely N-dealkylation sites (N-methyl/N-ethyl adjacent to an activating group) is 2. The number of likely N-dealkylation sites (tertiary alicyclic amines) is 1. The van der Waals surface area contributed by atoms with Gasteiger partial charge in [0.2, 0.25) is 53.4 Å². The first-order valence-corrected chi connectivity index (χ1v) is 33.6. The number of carboxylic acid groups (broad SMARTS) is 1. The van der Waals surface area contributed by atoms with Crippen molar-refractivity contribution in [1.29, 1.82) is 0 Å². The minimum absolute atomic E-state index is 0.0225. The molecule has 0 aliphatic carbocycles. The Labute approximate surface area is 571 Å². The third kappa shape index (κ3) is 25.8. The number of aliphatic hydroxyl groups is 1. The highest BCUT2D eigenvalue weighted by Gasteiger charge is 2.43. The van der Waals surface area contributed by atoms with Crippen LogP contribution >= 0.6 is 0 Å². The van der Waals surface area contributed by atoms with Crippen LogP contribution in [0.25, 0.3) is 0 Å². The van der Waals surface area contributed by atoms with Crippen LogP contribution in [-0.4, -0.2) is 192 Å². The van der Waals surface area contributed by atoms with Crippen LogP contribution in [-0.2, 0) is 62.2 Å². The summed E-state index contributed by atoms with van der Waals surface area (Å²) in [6, 6.07) is 5.78. The Bertz CT molecular complexity index is 2950. The van der Waals surface area contributed by atoms with E-state index in [-0.39, 0.29) is 86.6 Å². The number of benzene rings is 2. The van der Waals surface area contributed by atoms with Gasteiger partial charge in [0.1, 0.15) is 30.2 Å². The molecule has 2 aromatic carbocycles. The van der Waals surface area contributed by atoms with Gasteiger partial charge in [0, 0.05) is 71.4 Å². The zero-order chi connectivity index (χ0) is 73.1. The maximum atomic E-state index is 14.7. The lowest BCUT2D eigenvalue weighted by Gasteiger charge is -2.38. The van der Waals surface area contributed by atoms with Crippen molar-refractivity contribution >= 4 is 77.0 Å². The van der Waals surface area contributed by atoms with Gasteiger partial charge < -0.3 is 77.2 Å². The molecule has 1 aliphatic rings. The van der Waals surface area contributed by atoms with Crippen LogP contribution < -0.4 is 43.0 Å². The lowest BCUT2D eigenvalue weighted by Crippen LogP contribution is -2.58. The fourth-order valence-electron chi connectivity index (χ4n) is 11.7. The summed E-state index contributed by atoms with van der Waals surface area (Å²) in [6.07, 6.45) is -2.68. The second-order valence-corrected chi connectivity index (χ2v) is 26.7. The van der Waals surface area contributed by atoms with E-state index in [9.17, 15) is 67.7 Å². The van der Waals surface area contributed by atoms with E-state index >= 15 is 0 Å². The molecule has 542 valence electrons. The number of primary amides is 1. The van der Waals surface area contributed by atoms with Crippen molar-refractivity contribution in [2.45, 2.75) is 214 Å². The highest BCUT2D eigenvalue weighted by molar-refractivity contribution is 5.99. The molecule has 2 aromatic rings. The number of amides is 11. The van der Waals surface area contributed by atoms with Gasteiger partial charge in [-0.2, -0.15) is 0 Å². The van der Waals surface area contributed by atoms with Gasteiger partial charge in [-0.15, -0.1) is 0 Å². The second-order valence-electron chi connectivity index (χ2n) is 26.7. The molecule has 1 heterocycles. The van der Waals surface area contributed by atoms with Crippen LogP contribution in [0.4, 0.5) is 15.3 Å². The highest BCUT2D eigenvalue weighted by atomic mass is 16.6. The number of rotatable bonds is 39. The van der Waals surface area contributed by atoms with Crippen molar-refractivity contribution < 1.29 is 82.0 Å². The number of carbonyl (C=O) groups excluding carboxylic acids is 11. The van der Waals surface area contributed by atoms with Gasteiger partial charge in [-0.3, -0.25) is 48.1 Å². The number of nitrogens with one attached hydrogen (secondary N) is 7. The first-order valence-electron chi connectivity index (χ1n) is 33.6. The van der Waals surface area contributed by atoms with Gasteiger partial charge in [0.15, 0.2) is 0 Å². The molecule has 28 nitrogen and oxygen atoms in total. The van der Waals surface area contributed by atoms with Crippen molar-refractivity contribution in [3.05, 3.63) is 65.7 Å². The number of nitrogens with zero attached hydrogens (tertiary/aromatic N) is 3. The monoisotopic (exact) mass is 1360 g/mol. The normalized spacial score (nSPS) is 16.7. The minimum atomic E-state index is -1.93. The topological polar surface area (TPSA) is 393 Å². The zero-order valence-electron chi connectivity index (χ0n) is 59.4. The molecule has 28 heteroatoms. The first-order chi connectivity index (χ1) is 45.6. The number of esters is 1. The lowest BCUT2D eigenvalue weighted by atomic mass is 9.91. The number of methoxy groups -OCH3 is 1. The van der Waals surface area contributed by atoms with Gasteiger partial charge in [0.05, 0.1) is 36.8 Å². The van der Waals surface area contributed by atoms with Crippen molar-refractivity contribution in [2.24, 2.45) is 41.2 Å². The van der Waals surface area contributed by atoms with Gasteiger partial charge in [-0.05, 0) is 92.7 Å². The van der Waals surface area contributed by atoms with Crippen molar-refractivity contribution in [3.63, 3.8) is 0 Å². The van der Waals surface area contributed by atoms with Crippen molar-refractivity contribution in [1.82, 2.24) is 46.6 Å².